The summed E-state index contributed by atoms with van der Waals surface area (Å²) in [4.78, 5) is 0. The van der Waals surface area contributed by atoms with Crippen molar-refractivity contribution in [1.29, 1.82) is 5.26 Å². The summed E-state index contributed by atoms with van der Waals surface area (Å²) in [6.07, 6.45) is 8.53. The largest absolute Gasteiger partial charge is 0.312 e. The van der Waals surface area contributed by atoms with E-state index in [9.17, 15) is 0 Å². The summed E-state index contributed by atoms with van der Waals surface area (Å²) < 4.78 is 0. The molecule has 1 atom stereocenters. The molecule has 0 aliphatic heterocycles. The lowest BCUT2D eigenvalue weighted by molar-refractivity contribution is 0.254. The van der Waals surface area contributed by atoms with E-state index in [1.807, 2.05) is 0 Å². The number of rotatable bonds is 6. The molecule has 0 bridgehead atoms. The van der Waals surface area contributed by atoms with Gasteiger partial charge in [-0.25, -0.2) is 0 Å². The molecule has 1 unspecified atom stereocenters. The molecule has 1 N–H and O–H groups in total. The van der Waals surface area contributed by atoms with Crippen molar-refractivity contribution in [3.8, 4) is 6.07 Å². The highest BCUT2D eigenvalue weighted by Crippen LogP contribution is 2.40. The second kappa shape index (κ2) is 6.12. The highest BCUT2D eigenvalue weighted by Gasteiger charge is 2.31. The van der Waals surface area contributed by atoms with Gasteiger partial charge in [0.25, 0.3) is 0 Å². The molecule has 2 heteroatoms. The Morgan fingerprint density at radius 2 is 2.00 bits per heavy atom. The Kier molecular flexibility index (Phi) is 5.11. The Morgan fingerprint density at radius 3 is 2.47 bits per heavy atom. The number of nitriles is 1. The van der Waals surface area contributed by atoms with Crippen LogP contribution in [0.1, 0.15) is 58.8 Å². The summed E-state index contributed by atoms with van der Waals surface area (Å²) in [5.41, 5.74) is 0.545. The smallest absolute Gasteiger partial charge is 0.0638 e. The van der Waals surface area contributed by atoms with E-state index in [2.05, 4.69) is 25.2 Å². The Morgan fingerprint density at radius 1 is 1.33 bits per heavy atom. The molecule has 15 heavy (non-hydrogen) atoms. The Labute approximate surface area is 94.1 Å². The first kappa shape index (κ1) is 12.5. The van der Waals surface area contributed by atoms with Crippen molar-refractivity contribution in [3.63, 3.8) is 0 Å². The van der Waals surface area contributed by atoms with Gasteiger partial charge in [-0.2, -0.15) is 5.26 Å². The van der Waals surface area contributed by atoms with Crippen molar-refractivity contribution in [3.05, 3.63) is 0 Å². The molecule has 0 aromatic carbocycles. The lowest BCUT2D eigenvalue weighted by Crippen LogP contribution is -2.37. The molecule has 1 rings (SSSR count). The molecule has 0 aromatic heterocycles. The van der Waals surface area contributed by atoms with Gasteiger partial charge in [0, 0.05) is 12.6 Å². The van der Waals surface area contributed by atoms with Gasteiger partial charge in [-0.05, 0) is 31.1 Å². The summed E-state index contributed by atoms with van der Waals surface area (Å²) in [5, 5.41) is 12.3. The zero-order chi connectivity index (χ0) is 11.1. The molecule has 0 spiro atoms. The number of nitrogens with one attached hydrogen (secondary N) is 1. The van der Waals surface area contributed by atoms with Gasteiger partial charge < -0.3 is 5.32 Å². The third-order valence-electron chi connectivity index (χ3n) is 4.01. The predicted octanol–water partition coefficient (Wildman–Crippen LogP) is 3.24. The fourth-order valence-corrected chi connectivity index (χ4v) is 2.61. The SMILES string of the molecule is CCC(CC#N)NCC1(CC)CCCC1. The van der Waals surface area contributed by atoms with Gasteiger partial charge in [0.1, 0.15) is 0 Å². The molecule has 86 valence electrons. The van der Waals surface area contributed by atoms with Crippen LogP contribution in [0.2, 0.25) is 0 Å². The van der Waals surface area contributed by atoms with Crippen molar-refractivity contribution in [2.45, 2.75) is 64.8 Å². The Balaban J connectivity index is 2.36. The second-order valence-corrected chi connectivity index (χ2v) is 4.91. The molecule has 0 saturated heterocycles. The minimum absolute atomic E-state index is 0.402. The van der Waals surface area contributed by atoms with E-state index in [0.29, 0.717) is 17.9 Å². The van der Waals surface area contributed by atoms with Gasteiger partial charge in [-0.3, -0.25) is 0 Å². The van der Waals surface area contributed by atoms with E-state index >= 15 is 0 Å². The normalized spacial score (nSPS) is 21.1. The second-order valence-electron chi connectivity index (χ2n) is 4.91. The first-order valence-corrected chi connectivity index (χ1v) is 6.36. The maximum atomic E-state index is 8.69. The summed E-state index contributed by atoms with van der Waals surface area (Å²) in [7, 11) is 0. The van der Waals surface area contributed by atoms with Crippen molar-refractivity contribution in [2.24, 2.45) is 5.41 Å². The van der Waals surface area contributed by atoms with Crippen LogP contribution in [0.4, 0.5) is 0 Å². The standard InChI is InChI=1S/C13H24N2/c1-3-12(7-10-14)15-11-13(4-2)8-5-6-9-13/h12,15H,3-9,11H2,1-2H3. The van der Waals surface area contributed by atoms with Crippen molar-refractivity contribution in [1.82, 2.24) is 5.32 Å². The highest BCUT2D eigenvalue weighted by atomic mass is 14.9. The van der Waals surface area contributed by atoms with Gasteiger partial charge in [-0.15, -0.1) is 0 Å². The summed E-state index contributed by atoms with van der Waals surface area (Å²) in [6.45, 7) is 5.57. The topological polar surface area (TPSA) is 35.8 Å². The van der Waals surface area contributed by atoms with Crippen LogP contribution in [0, 0.1) is 16.7 Å². The van der Waals surface area contributed by atoms with Crippen LogP contribution < -0.4 is 5.32 Å². The predicted molar refractivity (Wildman–Crippen MR) is 63.5 cm³/mol. The first-order valence-electron chi connectivity index (χ1n) is 6.36. The maximum Gasteiger partial charge on any atom is 0.0638 e. The van der Waals surface area contributed by atoms with Gasteiger partial charge in [0.05, 0.1) is 12.5 Å². The Bertz CT molecular complexity index is 211. The summed E-state index contributed by atoms with van der Waals surface area (Å²) in [6, 6.07) is 2.66. The molecule has 1 aliphatic rings. The molecule has 2 nitrogen and oxygen atoms in total. The fourth-order valence-electron chi connectivity index (χ4n) is 2.61. The van der Waals surface area contributed by atoms with E-state index in [1.165, 1.54) is 32.1 Å². The van der Waals surface area contributed by atoms with Crippen molar-refractivity contribution >= 4 is 0 Å². The average Bonchev–Trinajstić information content (AvgIpc) is 2.73. The molecular weight excluding hydrogens is 184 g/mol. The zero-order valence-electron chi connectivity index (χ0n) is 10.2. The molecular formula is C13H24N2. The van der Waals surface area contributed by atoms with Gasteiger partial charge in [-0.1, -0.05) is 26.7 Å². The van der Waals surface area contributed by atoms with E-state index in [4.69, 9.17) is 5.26 Å². The summed E-state index contributed by atoms with van der Waals surface area (Å²) in [5.74, 6) is 0. The van der Waals surface area contributed by atoms with E-state index < -0.39 is 0 Å². The molecule has 1 fully saturated rings. The van der Waals surface area contributed by atoms with Crippen LogP contribution in [-0.4, -0.2) is 12.6 Å². The van der Waals surface area contributed by atoms with Crippen LogP contribution >= 0.6 is 0 Å². The first-order chi connectivity index (χ1) is 7.26. The van der Waals surface area contributed by atoms with Crippen LogP contribution in [0.3, 0.4) is 0 Å². The average molecular weight is 208 g/mol. The number of hydrogen-bond acceptors (Lipinski definition) is 2. The molecule has 1 saturated carbocycles. The van der Waals surface area contributed by atoms with E-state index in [-0.39, 0.29) is 0 Å². The zero-order valence-corrected chi connectivity index (χ0v) is 10.2. The van der Waals surface area contributed by atoms with Crippen molar-refractivity contribution in [2.75, 3.05) is 6.54 Å². The van der Waals surface area contributed by atoms with Crippen LogP contribution in [0.15, 0.2) is 0 Å². The highest BCUT2D eigenvalue weighted by molar-refractivity contribution is 4.88. The third-order valence-corrected chi connectivity index (χ3v) is 4.01. The van der Waals surface area contributed by atoms with Crippen LogP contribution in [-0.2, 0) is 0 Å². The minimum Gasteiger partial charge on any atom is -0.312 e. The van der Waals surface area contributed by atoms with Crippen LogP contribution in [0.25, 0.3) is 0 Å². The monoisotopic (exact) mass is 208 g/mol. The lowest BCUT2D eigenvalue weighted by atomic mass is 9.83. The number of nitrogens with zero attached hydrogens (tertiary/aromatic N) is 1. The van der Waals surface area contributed by atoms with Crippen molar-refractivity contribution < 1.29 is 0 Å². The molecule has 0 radical (unpaired) electrons. The fraction of sp³-hybridized carbons (Fsp3) is 0.923. The quantitative estimate of drug-likeness (QED) is 0.727. The molecule has 1 aliphatic carbocycles. The summed E-state index contributed by atoms with van der Waals surface area (Å²) >= 11 is 0. The molecule has 0 heterocycles. The van der Waals surface area contributed by atoms with Gasteiger partial charge in [0.15, 0.2) is 0 Å². The van der Waals surface area contributed by atoms with Crippen LogP contribution in [0.5, 0.6) is 0 Å². The van der Waals surface area contributed by atoms with E-state index in [1.54, 1.807) is 0 Å². The van der Waals surface area contributed by atoms with E-state index in [0.717, 1.165) is 13.0 Å². The lowest BCUT2D eigenvalue weighted by Gasteiger charge is -2.29. The maximum absolute atomic E-state index is 8.69. The van der Waals surface area contributed by atoms with Gasteiger partial charge >= 0.3 is 0 Å². The Hall–Kier alpha value is -0.550. The molecule has 0 aromatic rings. The third kappa shape index (κ3) is 3.50. The molecule has 0 amide bonds. The minimum atomic E-state index is 0.402. The number of hydrogen-bond donors (Lipinski definition) is 1. The van der Waals surface area contributed by atoms with Gasteiger partial charge in [0.2, 0.25) is 0 Å².